The van der Waals surface area contributed by atoms with Crippen LogP contribution in [0.15, 0.2) is 17.6 Å². The number of imidazole rings is 1. The molecule has 2 heterocycles. The van der Waals surface area contributed by atoms with Gasteiger partial charge in [-0.2, -0.15) is 0 Å². The average molecular weight is 293 g/mol. The number of aryl methyl sites for hydroxylation is 3. The number of nitrogens with one attached hydrogen (secondary N) is 1. The monoisotopic (exact) mass is 293 g/mol. The molecule has 0 saturated carbocycles. The van der Waals surface area contributed by atoms with Crippen LogP contribution >= 0.6 is 11.3 Å². The van der Waals surface area contributed by atoms with Gasteiger partial charge in [0.2, 0.25) is 5.95 Å². The highest BCUT2D eigenvalue weighted by atomic mass is 32.1. The highest BCUT2D eigenvalue weighted by Gasteiger charge is 2.06. The third-order valence-electron chi connectivity index (χ3n) is 3.16. The van der Waals surface area contributed by atoms with Gasteiger partial charge in [-0.25, -0.2) is 4.98 Å². The van der Waals surface area contributed by atoms with Crippen molar-refractivity contribution in [3.63, 3.8) is 0 Å². The smallest absolute Gasteiger partial charge is 0.203 e. The van der Waals surface area contributed by atoms with Crippen molar-refractivity contribution in [1.29, 1.82) is 0 Å². The fourth-order valence-electron chi connectivity index (χ4n) is 2.08. The van der Waals surface area contributed by atoms with Crippen LogP contribution in [0.3, 0.4) is 0 Å². The van der Waals surface area contributed by atoms with Gasteiger partial charge in [0, 0.05) is 30.8 Å². The Morgan fingerprint density at radius 3 is 2.95 bits per heavy atom. The molecule has 0 atom stereocenters. The van der Waals surface area contributed by atoms with Crippen LogP contribution in [0.5, 0.6) is 0 Å². The van der Waals surface area contributed by atoms with Crippen molar-refractivity contribution in [3.8, 4) is 0 Å². The van der Waals surface area contributed by atoms with E-state index in [-0.39, 0.29) is 0 Å². The van der Waals surface area contributed by atoms with Gasteiger partial charge in [0.1, 0.15) is 0 Å². The molecular formula is C15H23N3OS. The van der Waals surface area contributed by atoms with E-state index in [1.807, 2.05) is 13.8 Å². The van der Waals surface area contributed by atoms with Gasteiger partial charge >= 0.3 is 0 Å². The van der Waals surface area contributed by atoms with Crippen LogP contribution in [-0.2, 0) is 17.8 Å². The lowest BCUT2D eigenvalue weighted by Gasteiger charge is -2.09. The first-order valence-corrected chi connectivity index (χ1v) is 7.97. The minimum absolute atomic E-state index is 0.783. The van der Waals surface area contributed by atoms with E-state index in [1.165, 1.54) is 10.4 Å². The Bertz CT molecular complexity index is 533. The van der Waals surface area contributed by atoms with Crippen molar-refractivity contribution < 1.29 is 4.74 Å². The van der Waals surface area contributed by atoms with Crippen molar-refractivity contribution in [1.82, 2.24) is 9.55 Å². The molecule has 110 valence electrons. The molecule has 0 spiro atoms. The van der Waals surface area contributed by atoms with Crippen molar-refractivity contribution >= 4 is 17.3 Å². The molecule has 0 amide bonds. The second-order valence-electron chi connectivity index (χ2n) is 4.83. The summed E-state index contributed by atoms with van der Waals surface area (Å²) in [4.78, 5) is 5.92. The summed E-state index contributed by atoms with van der Waals surface area (Å²) in [6.45, 7) is 9.56. The molecule has 4 nitrogen and oxygen atoms in total. The second-order valence-corrected chi connectivity index (χ2v) is 5.83. The standard InChI is InChI=1S/C15H23N3OS/c1-4-19-8-5-7-18-11-13(3)17-15(18)16-10-14-12(2)6-9-20-14/h6,9,11H,4-5,7-8,10H2,1-3H3,(H,16,17). The lowest BCUT2D eigenvalue weighted by molar-refractivity contribution is 0.142. The SMILES string of the molecule is CCOCCCn1cc(C)nc1NCc1sccc1C. The molecular weight excluding hydrogens is 270 g/mol. The first-order chi connectivity index (χ1) is 9.70. The van der Waals surface area contributed by atoms with Crippen molar-refractivity contribution in [2.24, 2.45) is 0 Å². The fourth-order valence-corrected chi connectivity index (χ4v) is 2.93. The largest absolute Gasteiger partial charge is 0.382 e. The zero-order chi connectivity index (χ0) is 14.4. The Balaban J connectivity index is 1.91. The molecule has 5 heteroatoms. The van der Waals surface area contributed by atoms with Crippen molar-refractivity contribution in [3.05, 3.63) is 33.8 Å². The highest BCUT2D eigenvalue weighted by Crippen LogP contribution is 2.18. The minimum atomic E-state index is 0.783. The van der Waals surface area contributed by atoms with Crippen molar-refractivity contribution in [2.45, 2.75) is 40.3 Å². The predicted molar refractivity (Wildman–Crippen MR) is 84.5 cm³/mol. The van der Waals surface area contributed by atoms with Gasteiger partial charge in [-0.05, 0) is 44.2 Å². The number of aromatic nitrogens is 2. The number of ether oxygens (including phenoxy) is 1. The number of anilines is 1. The predicted octanol–water partition coefficient (Wildman–Crippen LogP) is 3.60. The van der Waals surface area contributed by atoms with Crippen LogP contribution in [0.2, 0.25) is 0 Å². The maximum absolute atomic E-state index is 5.38. The molecule has 0 aromatic carbocycles. The summed E-state index contributed by atoms with van der Waals surface area (Å²) in [7, 11) is 0. The lowest BCUT2D eigenvalue weighted by atomic mass is 10.3. The summed E-state index contributed by atoms with van der Waals surface area (Å²) in [5, 5.41) is 5.57. The number of thiophene rings is 1. The molecule has 0 bridgehead atoms. The summed E-state index contributed by atoms with van der Waals surface area (Å²) in [6, 6.07) is 2.15. The van der Waals surface area contributed by atoms with Gasteiger partial charge in [0.05, 0.1) is 12.2 Å². The summed E-state index contributed by atoms with van der Waals surface area (Å²) in [6.07, 6.45) is 3.10. The van der Waals surface area contributed by atoms with E-state index in [2.05, 4.69) is 39.4 Å². The number of nitrogens with zero attached hydrogens (tertiary/aromatic N) is 2. The topological polar surface area (TPSA) is 39.1 Å². The summed E-state index contributed by atoms with van der Waals surface area (Å²) in [5.74, 6) is 0.951. The van der Waals surface area contributed by atoms with Crippen LogP contribution in [0.1, 0.15) is 29.5 Å². The Morgan fingerprint density at radius 1 is 1.40 bits per heavy atom. The summed E-state index contributed by atoms with van der Waals surface area (Å²) in [5.41, 5.74) is 2.39. The Labute approximate surface area is 124 Å². The lowest BCUT2D eigenvalue weighted by Crippen LogP contribution is -2.08. The molecule has 1 N–H and O–H groups in total. The van der Waals surface area contributed by atoms with Gasteiger partial charge in [-0.1, -0.05) is 0 Å². The van der Waals surface area contributed by atoms with E-state index < -0.39 is 0 Å². The summed E-state index contributed by atoms with van der Waals surface area (Å²) < 4.78 is 7.56. The molecule has 0 fully saturated rings. The van der Waals surface area contributed by atoms with E-state index in [9.17, 15) is 0 Å². The first-order valence-electron chi connectivity index (χ1n) is 7.09. The molecule has 0 aliphatic carbocycles. The van der Waals surface area contributed by atoms with E-state index in [0.717, 1.165) is 44.4 Å². The second kappa shape index (κ2) is 7.45. The van der Waals surface area contributed by atoms with Crippen LogP contribution in [0.25, 0.3) is 0 Å². The van der Waals surface area contributed by atoms with Gasteiger partial charge in [0.25, 0.3) is 0 Å². The van der Waals surface area contributed by atoms with Gasteiger partial charge < -0.3 is 14.6 Å². The van der Waals surface area contributed by atoms with Crippen LogP contribution < -0.4 is 5.32 Å². The molecule has 0 unspecified atom stereocenters. The molecule has 2 aromatic rings. The molecule has 2 aromatic heterocycles. The maximum Gasteiger partial charge on any atom is 0.203 e. The minimum Gasteiger partial charge on any atom is -0.382 e. The maximum atomic E-state index is 5.38. The molecule has 0 radical (unpaired) electrons. The Hall–Kier alpha value is -1.33. The third kappa shape index (κ3) is 4.08. The fraction of sp³-hybridized carbons (Fsp3) is 0.533. The van der Waals surface area contributed by atoms with E-state index in [0.29, 0.717) is 0 Å². The number of hydrogen-bond donors (Lipinski definition) is 1. The molecule has 20 heavy (non-hydrogen) atoms. The number of rotatable bonds is 8. The van der Waals surface area contributed by atoms with Crippen LogP contribution in [0.4, 0.5) is 5.95 Å². The van der Waals surface area contributed by atoms with Crippen molar-refractivity contribution in [2.75, 3.05) is 18.5 Å². The molecule has 2 rings (SSSR count). The zero-order valence-electron chi connectivity index (χ0n) is 12.5. The van der Waals surface area contributed by atoms with Gasteiger partial charge in [-0.3, -0.25) is 0 Å². The quantitative estimate of drug-likeness (QED) is 0.756. The third-order valence-corrected chi connectivity index (χ3v) is 4.19. The van der Waals surface area contributed by atoms with E-state index in [4.69, 9.17) is 4.74 Å². The van der Waals surface area contributed by atoms with E-state index in [1.54, 1.807) is 11.3 Å². The number of hydrogen-bond acceptors (Lipinski definition) is 4. The average Bonchev–Trinajstić information content (AvgIpc) is 2.98. The van der Waals surface area contributed by atoms with Crippen LogP contribution in [-0.4, -0.2) is 22.8 Å². The van der Waals surface area contributed by atoms with Crippen LogP contribution in [0, 0.1) is 13.8 Å². The normalized spacial score (nSPS) is 10.9. The summed E-state index contributed by atoms with van der Waals surface area (Å²) >= 11 is 1.79. The highest BCUT2D eigenvalue weighted by molar-refractivity contribution is 7.10. The molecule has 0 saturated heterocycles. The zero-order valence-corrected chi connectivity index (χ0v) is 13.3. The van der Waals surface area contributed by atoms with E-state index >= 15 is 0 Å². The molecule has 0 aliphatic rings. The first kappa shape index (κ1) is 15.1. The molecule has 0 aliphatic heterocycles. The van der Waals surface area contributed by atoms with Gasteiger partial charge in [0.15, 0.2) is 0 Å². The van der Waals surface area contributed by atoms with Gasteiger partial charge in [-0.15, -0.1) is 11.3 Å². The Morgan fingerprint density at radius 2 is 2.25 bits per heavy atom. The Kier molecular flexibility index (Phi) is 5.61.